The number of nitrogens with zero attached hydrogens (tertiary/aromatic N) is 3. The van der Waals surface area contributed by atoms with Crippen molar-refractivity contribution >= 4 is 28.7 Å². The summed E-state index contributed by atoms with van der Waals surface area (Å²) in [5, 5.41) is 11.5. The minimum absolute atomic E-state index is 0.0609. The van der Waals surface area contributed by atoms with Gasteiger partial charge in [0.15, 0.2) is 0 Å². The summed E-state index contributed by atoms with van der Waals surface area (Å²) in [5.41, 5.74) is 0.411. The minimum atomic E-state index is -4.73. The number of pyridine rings is 1. The number of amides is 1. The number of rotatable bonds is 5. The molecule has 0 saturated heterocycles. The zero-order valence-electron chi connectivity index (χ0n) is 16.9. The lowest BCUT2D eigenvalue weighted by atomic mass is 10.1. The van der Waals surface area contributed by atoms with Crippen LogP contribution in [0, 0.1) is 0 Å². The van der Waals surface area contributed by atoms with Crippen LogP contribution in [0.25, 0.3) is 16.7 Å². The van der Waals surface area contributed by atoms with Crippen LogP contribution in [0.4, 0.5) is 19.0 Å². The molecule has 2 aromatic heterocycles. The van der Waals surface area contributed by atoms with Crippen molar-refractivity contribution < 1.29 is 32.6 Å². The Balaban J connectivity index is 1.66. The lowest BCUT2D eigenvalue weighted by Gasteiger charge is -2.12. The highest BCUT2D eigenvalue weighted by atomic mass is 19.4. The lowest BCUT2D eigenvalue weighted by Crippen LogP contribution is -2.15. The van der Waals surface area contributed by atoms with Crippen molar-refractivity contribution in [3.8, 4) is 11.4 Å². The van der Waals surface area contributed by atoms with Crippen LogP contribution in [0.15, 0.2) is 60.8 Å². The summed E-state index contributed by atoms with van der Waals surface area (Å²) in [7, 11) is 1.40. The van der Waals surface area contributed by atoms with Crippen molar-refractivity contribution in [1.82, 2.24) is 14.5 Å². The van der Waals surface area contributed by atoms with E-state index >= 15 is 0 Å². The molecule has 8 nitrogen and oxygen atoms in total. The fourth-order valence-corrected chi connectivity index (χ4v) is 3.21. The molecule has 0 unspecified atom stereocenters. The molecule has 2 heterocycles. The van der Waals surface area contributed by atoms with Gasteiger partial charge in [0.1, 0.15) is 11.6 Å². The Hall–Kier alpha value is -4.41. The van der Waals surface area contributed by atoms with Crippen LogP contribution < -0.4 is 10.1 Å². The number of hydrogen-bond donors (Lipinski definition) is 2. The second kappa shape index (κ2) is 8.26. The Kier molecular flexibility index (Phi) is 5.46. The van der Waals surface area contributed by atoms with E-state index in [1.165, 1.54) is 67.9 Å². The van der Waals surface area contributed by atoms with Crippen LogP contribution >= 0.6 is 0 Å². The SMILES string of the molecule is COc1ccc2c(c1)nc(C(F)(F)F)n2-c1ccc(NC(=O)c2cccc(C(=O)O)c2)nc1. The third-order valence-corrected chi connectivity index (χ3v) is 4.73. The minimum Gasteiger partial charge on any atom is -0.497 e. The highest BCUT2D eigenvalue weighted by molar-refractivity contribution is 6.05. The van der Waals surface area contributed by atoms with Crippen LogP contribution in [-0.2, 0) is 6.18 Å². The zero-order chi connectivity index (χ0) is 23.8. The van der Waals surface area contributed by atoms with Crippen LogP contribution in [0.3, 0.4) is 0 Å². The van der Waals surface area contributed by atoms with Gasteiger partial charge in [-0.2, -0.15) is 13.2 Å². The molecule has 1 amide bonds. The maximum atomic E-state index is 13.6. The van der Waals surface area contributed by atoms with Crippen LogP contribution in [0.2, 0.25) is 0 Å². The molecule has 0 radical (unpaired) electrons. The number of nitrogens with one attached hydrogen (secondary N) is 1. The standard InChI is InChI=1S/C22H15F3N4O4/c1-33-15-6-7-17-16(10-15)27-21(22(23,24)25)29(17)14-5-8-18(26-11-14)28-19(30)12-3-2-4-13(9-12)20(31)32/h2-11H,1H3,(H,31,32)(H,26,28,30). The molecule has 2 aromatic carbocycles. The van der Waals surface area contributed by atoms with Crippen molar-refractivity contribution in [2.24, 2.45) is 0 Å². The van der Waals surface area contributed by atoms with Crippen LogP contribution in [-0.4, -0.2) is 38.6 Å². The zero-order valence-corrected chi connectivity index (χ0v) is 16.9. The summed E-state index contributed by atoms with van der Waals surface area (Å²) in [6.07, 6.45) is -3.56. The molecule has 11 heteroatoms. The predicted molar refractivity (Wildman–Crippen MR) is 112 cm³/mol. The Bertz CT molecular complexity index is 1360. The number of carboxylic acid groups (broad SMARTS) is 1. The lowest BCUT2D eigenvalue weighted by molar-refractivity contribution is -0.145. The van der Waals surface area contributed by atoms with Crippen molar-refractivity contribution in [2.45, 2.75) is 6.18 Å². The molecule has 0 bridgehead atoms. The molecule has 0 atom stereocenters. The van der Waals surface area contributed by atoms with Gasteiger partial charge in [0.25, 0.3) is 5.91 Å². The van der Waals surface area contributed by atoms with Gasteiger partial charge < -0.3 is 15.2 Å². The molecule has 0 fully saturated rings. The number of aromatic nitrogens is 3. The summed E-state index contributed by atoms with van der Waals surface area (Å²) in [6.45, 7) is 0. The molecule has 0 aliphatic carbocycles. The summed E-state index contributed by atoms with van der Waals surface area (Å²) < 4.78 is 46.9. The van der Waals surface area contributed by atoms with Crippen molar-refractivity contribution in [3.63, 3.8) is 0 Å². The summed E-state index contributed by atoms with van der Waals surface area (Å²) >= 11 is 0. The van der Waals surface area contributed by atoms with Crippen molar-refractivity contribution in [1.29, 1.82) is 0 Å². The Morgan fingerprint density at radius 1 is 1.06 bits per heavy atom. The number of benzene rings is 2. The van der Waals surface area contributed by atoms with E-state index in [0.717, 1.165) is 4.57 Å². The molecule has 4 rings (SSSR count). The van der Waals surface area contributed by atoms with Gasteiger partial charge in [-0.25, -0.2) is 14.8 Å². The van der Waals surface area contributed by atoms with Crippen LogP contribution in [0.5, 0.6) is 5.75 Å². The molecule has 0 aliphatic rings. The van der Waals surface area contributed by atoms with Gasteiger partial charge in [-0.05, 0) is 42.5 Å². The fraction of sp³-hybridized carbons (Fsp3) is 0.0909. The molecular formula is C22H15F3N4O4. The summed E-state index contributed by atoms with van der Waals surface area (Å²) in [6, 6.07) is 12.5. The monoisotopic (exact) mass is 456 g/mol. The average Bonchev–Trinajstić information content (AvgIpc) is 3.19. The maximum absolute atomic E-state index is 13.6. The van der Waals surface area contributed by atoms with Crippen molar-refractivity contribution in [2.75, 3.05) is 12.4 Å². The predicted octanol–water partition coefficient (Wildman–Crippen LogP) is 4.40. The van der Waals surface area contributed by atoms with Gasteiger partial charge >= 0.3 is 12.1 Å². The van der Waals surface area contributed by atoms with E-state index in [4.69, 9.17) is 9.84 Å². The van der Waals surface area contributed by atoms with Gasteiger partial charge in [0, 0.05) is 11.6 Å². The van der Waals surface area contributed by atoms with Crippen LogP contribution in [0.1, 0.15) is 26.5 Å². The number of carbonyl (C=O) groups excluding carboxylic acids is 1. The average molecular weight is 456 g/mol. The quantitative estimate of drug-likeness (QED) is 0.461. The van der Waals surface area contributed by atoms with Gasteiger partial charge in [-0.15, -0.1) is 0 Å². The first kappa shape index (κ1) is 21.8. The highest BCUT2D eigenvalue weighted by Crippen LogP contribution is 2.34. The third kappa shape index (κ3) is 4.33. The first-order chi connectivity index (χ1) is 15.7. The first-order valence-electron chi connectivity index (χ1n) is 9.42. The summed E-state index contributed by atoms with van der Waals surface area (Å²) in [4.78, 5) is 31.2. The maximum Gasteiger partial charge on any atom is 0.450 e. The number of aromatic carboxylic acids is 1. The third-order valence-electron chi connectivity index (χ3n) is 4.73. The molecular weight excluding hydrogens is 441 g/mol. The fourth-order valence-electron chi connectivity index (χ4n) is 3.21. The number of fused-ring (bicyclic) bond motifs is 1. The smallest absolute Gasteiger partial charge is 0.450 e. The molecule has 2 N–H and O–H groups in total. The number of halogens is 3. The van der Waals surface area contributed by atoms with E-state index in [9.17, 15) is 22.8 Å². The van der Waals surface area contributed by atoms with Gasteiger partial charge in [-0.3, -0.25) is 9.36 Å². The van der Waals surface area contributed by atoms with E-state index in [1.807, 2.05) is 0 Å². The molecule has 0 spiro atoms. The number of ether oxygens (including phenoxy) is 1. The molecule has 0 saturated carbocycles. The largest absolute Gasteiger partial charge is 0.497 e. The number of methoxy groups -OCH3 is 1. The highest BCUT2D eigenvalue weighted by Gasteiger charge is 2.38. The number of carbonyl (C=O) groups is 2. The molecule has 0 aliphatic heterocycles. The van der Waals surface area contributed by atoms with Gasteiger partial charge in [0.05, 0.1) is 35.6 Å². The Labute approximate surface area is 184 Å². The van der Waals surface area contributed by atoms with E-state index in [-0.39, 0.29) is 33.7 Å². The number of alkyl halides is 3. The van der Waals surface area contributed by atoms with Crippen molar-refractivity contribution in [3.05, 3.63) is 77.7 Å². The van der Waals surface area contributed by atoms with E-state index in [0.29, 0.717) is 5.75 Å². The normalized spacial score (nSPS) is 11.4. The summed E-state index contributed by atoms with van der Waals surface area (Å²) in [5.74, 6) is -2.49. The molecule has 4 aromatic rings. The van der Waals surface area contributed by atoms with E-state index in [2.05, 4.69) is 15.3 Å². The number of anilines is 1. The second-order valence-electron chi connectivity index (χ2n) is 6.86. The van der Waals surface area contributed by atoms with Gasteiger partial charge in [0.2, 0.25) is 5.82 Å². The number of hydrogen-bond acceptors (Lipinski definition) is 5. The number of imidazole rings is 1. The Morgan fingerprint density at radius 3 is 2.45 bits per heavy atom. The Morgan fingerprint density at radius 2 is 1.82 bits per heavy atom. The van der Waals surface area contributed by atoms with E-state index < -0.39 is 23.9 Å². The topological polar surface area (TPSA) is 106 Å². The second-order valence-corrected chi connectivity index (χ2v) is 6.86. The molecule has 168 valence electrons. The molecule has 33 heavy (non-hydrogen) atoms. The van der Waals surface area contributed by atoms with E-state index in [1.54, 1.807) is 0 Å². The number of carboxylic acids is 1. The van der Waals surface area contributed by atoms with Gasteiger partial charge in [-0.1, -0.05) is 6.07 Å². The first-order valence-corrected chi connectivity index (χ1v) is 9.42.